The summed E-state index contributed by atoms with van der Waals surface area (Å²) < 4.78 is 26.8. The number of aryl methyl sites for hydroxylation is 1. The van der Waals surface area contributed by atoms with Crippen molar-refractivity contribution in [2.45, 2.75) is 76.9 Å². The fourth-order valence-electron chi connectivity index (χ4n) is 5.76. The van der Waals surface area contributed by atoms with E-state index in [0.29, 0.717) is 22.2 Å². The van der Waals surface area contributed by atoms with Gasteiger partial charge >= 0.3 is 0 Å². The number of halogens is 2. The second-order valence-corrected chi connectivity index (χ2v) is 14.3. The first kappa shape index (κ1) is 33.8. The Morgan fingerprint density at radius 1 is 0.909 bits per heavy atom. The molecule has 1 saturated carbocycles. The third-order valence-electron chi connectivity index (χ3n) is 8.10. The summed E-state index contributed by atoms with van der Waals surface area (Å²) in [6, 6.07) is 21.4. The maximum absolute atomic E-state index is 14.1. The number of para-hydroxylation sites is 1. The Hall–Kier alpha value is -3.07. The first-order valence-electron chi connectivity index (χ1n) is 15.1. The van der Waals surface area contributed by atoms with Gasteiger partial charge in [-0.1, -0.05) is 97.1 Å². The molecule has 0 unspecified atom stereocenters. The lowest BCUT2D eigenvalue weighted by atomic mass is 9.94. The van der Waals surface area contributed by atoms with Crippen LogP contribution in [0.5, 0.6) is 0 Å². The minimum Gasteiger partial charge on any atom is -0.352 e. The lowest BCUT2D eigenvalue weighted by molar-refractivity contribution is -0.141. The van der Waals surface area contributed by atoms with E-state index in [9.17, 15) is 18.0 Å². The van der Waals surface area contributed by atoms with Crippen LogP contribution in [0.15, 0.2) is 72.8 Å². The molecule has 4 rings (SSSR count). The molecule has 0 spiro atoms. The maximum Gasteiger partial charge on any atom is 0.243 e. The molecule has 0 aliphatic heterocycles. The van der Waals surface area contributed by atoms with Gasteiger partial charge in [0.05, 0.1) is 22.0 Å². The summed E-state index contributed by atoms with van der Waals surface area (Å²) in [5, 5.41) is 4.00. The number of hydrogen-bond acceptors (Lipinski definition) is 4. The number of anilines is 1. The summed E-state index contributed by atoms with van der Waals surface area (Å²) >= 11 is 12.5. The van der Waals surface area contributed by atoms with Crippen molar-refractivity contribution in [2.24, 2.45) is 0 Å². The minimum absolute atomic E-state index is 0.0568. The van der Waals surface area contributed by atoms with E-state index in [-0.39, 0.29) is 43.8 Å². The van der Waals surface area contributed by atoms with Crippen molar-refractivity contribution < 1.29 is 18.0 Å². The summed E-state index contributed by atoms with van der Waals surface area (Å²) in [7, 11) is -3.59. The standard InChI is InChI=1S/C34H41Cl2N3O4S/c1-25-12-9-10-17-31(25)39(44(2,42)43)21-11-18-33(40)38(24-27-19-20-29(35)30(36)22-27)32(23-26-13-5-3-6-14-26)34(41)37-28-15-7-4-8-16-28/h3,5-6,9-10,12-14,17,19-20,22,28,32H,4,7-8,11,15-16,18,21,23-24H2,1-2H3,(H,37,41)/t32-/m1/s1. The normalized spacial score (nSPS) is 14.5. The summed E-state index contributed by atoms with van der Waals surface area (Å²) in [4.78, 5) is 29.7. The van der Waals surface area contributed by atoms with Crippen LogP contribution in [-0.2, 0) is 32.6 Å². The SMILES string of the molecule is Cc1ccccc1N(CCCC(=O)N(Cc1ccc(Cl)c(Cl)c1)[C@H](Cc1ccccc1)C(=O)NC1CCCCC1)S(C)(=O)=O. The highest BCUT2D eigenvalue weighted by Crippen LogP contribution is 2.26. The first-order valence-corrected chi connectivity index (χ1v) is 17.7. The molecule has 3 aromatic carbocycles. The van der Waals surface area contributed by atoms with Crippen LogP contribution in [0, 0.1) is 6.92 Å². The van der Waals surface area contributed by atoms with E-state index in [1.165, 1.54) is 10.6 Å². The van der Waals surface area contributed by atoms with Crippen LogP contribution in [0.4, 0.5) is 5.69 Å². The van der Waals surface area contributed by atoms with Gasteiger partial charge in [-0.3, -0.25) is 13.9 Å². The minimum atomic E-state index is -3.59. The molecule has 1 aliphatic rings. The third-order valence-corrected chi connectivity index (χ3v) is 10.0. The maximum atomic E-state index is 14.1. The molecule has 2 amide bonds. The van der Waals surface area contributed by atoms with E-state index in [0.717, 1.165) is 48.8 Å². The lowest BCUT2D eigenvalue weighted by Gasteiger charge is -2.34. The van der Waals surface area contributed by atoms with Crippen molar-refractivity contribution >= 4 is 50.7 Å². The van der Waals surface area contributed by atoms with E-state index in [1.54, 1.807) is 35.2 Å². The highest BCUT2D eigenvalue weighted by Gasteiger charge is 2.32. The Morgan fingerprint density at radius 2 is 1.59 bits per heavy atom. The van der Waals surface area contributed by atoms with Gasteiger partial charge in [0.15, 0.2) is 0 Å². The topological polar surface area (TPSA) is 86.8 Å². The number of nitrogens with one attached hydrogen (secondary N) is 1. The number of hydrogen-bond donors (Lipinski definition) is 1. The number of carbonyl (C=O) groups is 2. The smallest absolute Gasteiger partial charge is 0.243 e. The Kier molecular flexibility index (Phi) is 12.1. The van der Waals surface area contributed by atoms with E-state index >= 15 is 0 Å². The van der Waals surface area contributed by atoms with Crippen LogP contribution >= 0.6 is 23.2 Å². The number of amides is 2. The van der Waals surface area contributed by atoms with Gasteiger partial charge in [0.1, 0.15) is 6.04 Å². The average Bonchev–Trinajstić information content (AvgIpc) is 2.99. The molecule has 1 aliphatic carbocycles. The van der Waals surface area contributed by atoms with Crippen molar-refractivity contribution in [3.05, 3.63) is 99.5 Å². The predicted octanol–water partition coefficient (Wildman–Crippen LogP) is 6.94. The number of nitrogens with zero attached hydrogens (tertiary/aromatic N) is 2. The number of rotatable bonds is 13. The molecule has 236 valence electrons. The molecule has 0 bridgehead atoms. The summed E-state index contributed by atoms with van der Waals surface area (Å²) in [6.45, 7) is 2.14. The Balaban J connectivity index is 1.61. The highest BCUT2D eigenvalue weighted by atomic mass is 35.5. The number of benzene rings is 3. The van der Waals surface area contributed by atoms with Crippen LogP contribution in [0.25, 0.3) is 0 Å². The van der Waals surface area contributed by atoms with E-state index in [2.05, 4.69) is 5.32 Å². The molecule has 0 heterocycles. The van der Waals surface area contributed by atoms with E-state index in [4.69, 9.17) is 23.2 Å². The fourth-order valence-corrected chi connectivity index (χ4v) is 7.10. The predicted molar refractivity (Wildman–Crippen MR) is 179 cm³/mol. The van der Waals surface area contributed by atoms with Crippen molar-refractivity contribution in [1.29, 1.82) is 0 Å². The van der Waals surface area contributed by atoms with Gasteiger partial charge in [-0.2, -0.15) is 0 Å². The van der Waals surface area contributed by atoms with Crippen LogP contribution in [0.1, 0.15) is 61.6 Å². The Morgan fingerprint density at radius 3 is 2.25 bits per heavy atom. The summed E-state index contributed by atoms with van der Waals surface area (Å²) in [5.74, 6) is -0.430. The molecule has 1 atom stereocenters. The van der Waals surface area contributed by atoms with Crippen LogP contribution in [-0.4, -0.2) is 50.0 Å². The van der Waals surface area contributed by atoms with Crippen molar-refractivity contribution in [2.75, 3.05) is 17.1 Å². The van der Waals surface area contributed by atoms with Gasteiger partial charge in [-0.25, -0.2) is 8.42 Å². The van der Waals surface area contributed by atoms with Gasteiger partial charge in [0.25, 0.3) is 0 Å². The van der Waals surface area contributed by atoms with Gasteiger partial charge in [0.2, 0.25) is 21.8 Å². The molecule has 1 N–H and O–H groups in total. The van der Waals surface area contributed by atoms with Crippen LogP contribution < -0.4 is 9.62 Å². The van der Waals surface area contributed by atoms with Crippen molar-refractivity contribution in [1.82, 2.24) is 10.2 Å². The first-order chi connectivity index (χ1) is 21.0. The highest BCUT2D eigenvalue weighted by molar-refractivity contribution is 7.92. The molecule has 3 aromatic rings. The molecular weight excluding hydrogens is 617 g/mol. The molecule has 0 aromatic heterocycles. The Bertz CT molecular complexity index is 1530. The summed E-state index contributed by atoms with van der Waals surface area (Å²) in [5.41, 5.74) is 3.09. The number of sulfonamides is 1. The van der Waals surface area contributed by atoms with E-state index < -0.39 is 16.1 Å². The van der Waals surface area contributed by atoms with Crippen LogP contribution in [0.3, 0.4) is 0 Å². The molecule has 44 heavy (non-hydrogen) atoms. The molecule has 0 radical (unpaired) electrons. The van der Waals surface area contributed by atoms with Crippen molar-refractivity contribution in [3.63, 3.8) is 0 Å². The number of carbonyl (C=O) groups excluding carboxylic acids is 2. The zero-order chi connectivity index (χ0) is 31.7. The molecular formula is C34H41Cl2N3O4S. The van der Waals surface area contributed by atoms with Gasteiger partial charge in [-0.05, 0) is 61.1 Å². The zero-order valence-corrected chi connectivity index (χ0v) is 27.7. The van der Waals surface area contributed by atoms with E-state index in [1.807, 2.05) is 49.4 Å². The average molecular weight is 659 g/mol. The largest absolute Gasteiger partial charge is 0.352 e. The Labute approximate surface area is 271 Å². The molecule has 7 nitrogen and oxygen atoms in total. The van der Waals surface area contributed by atoms with Crippen LogP contribution in [0.2, 0.25) is 10.0 Å². The van der Waals surface area contributed by atoms with Crippen molar-refractivity contribution in [3.8, 4) is 0 Å². The third kappa shape index (κ3) is 9.46. The second-order valence-electron chi connectivity index (χ2n) is 11.5. The molecule has 0 saturated heterocycles. The summed E-state index contributed by atoms with van der Waals surface area (Å²) in [6.07, 6.45) is 6.98. The zero-order valence-electron chi connectivity index (χ0n) is 25.3. The molecule has 10 heteroatoms. The van der Waals surface area contributed by atoms with Gasteiger partial charge in [0, 0.05) is 32.0 Å². The fraction of sp³-hybridized carbons (Fsp3) is 0.412. The quantitative estimate of drug-likeness (QED) is 0.216. The van der Waals surface area contributed by atoms with Gasteiger partial charge < -0.3 is 10.2 Å². The molecule has 1 fully saturated rings. The monoisotopic (exact) mass is 657 g/mol. The second kappa shape index (κ2) is 15.8. The van der Waals surface area contributed by atoms with Gasteiger partial charge in [-0.15, -0.1) is 0 Å². The lowest BCUT2D eigenvalue weighted by Crippen LogP contribution is -2.53.